The molecule has 0 atom stereocenters. The number of carboxylic acids is 1. The van der Waals surface area contributed by atoms with Crippen LogP contribution in [0.15, 0.2) is 15.4 Å². The van der Waals surface area contributed by atoms with Crippen molar-refractivity contribution in [3.63, 3.8) is 0 Å². The van der Waals surface area contributed by atoms with Gasteiger partial charge in [-0.1, -0.05) is 0 Å². The van der Waals surface area contributed by atoms with Crippen LogP contribution in [0.5, 0.6) is 5.75 Å². The summed E-state index contributed by atoms with van der Waals surface area (Å²) in [6.45, 7) is 1.58. The first-order chi connectivity index (χ1) is 7.00. The Morgan fingerprint density at radius 3 is 2.87 bits per heavy atom. The molecule has 2 heterocycles. The molecule has 2 aromatic heterocycles. The minimum atomic E-state index is -1.47. The molecule has 2 N–H and O–H groups in total. The number of aryl methyl sites for hydroxylation is 1. The van der Waals surface area contributed by atoms with Crippen LogP contribution in [-0.2, 0) is 0 Å². The lowest BCUT2D eigenvalue weighted by Gasteiger charge is -1.97. The number of aromatic nitrogens is 2. The molecule has 78 valence electrons. The van der Waals surface area contributed by atoms with Gasteiger partial charge in [0.05, 0.1) is 0 Å². The van der Waals surface area contributed by atoms with Crippen molar-refractivity contribution in [3.05, 3.63) is 27.9 Å². The lowest BCUT2D eigenvalue weighted by atomic mass is 10.3. The van der Waals surface area contributed by atoms with Gasteiger partial charge < -0.3 is 14.7 Å². The zero-order valence-corrected chi connectivity index (χ0v) is 7.59. The average molecular weight is 210 g/mol. The van der Waals surface area contributed by atoms with E-state index >= 15 is 0 Å². The number of aromatic carboxylic acids is 1. The highest BCUT2D eigenvalue weighted by molar-refractivity contribution is 5.88. The molecule has 2 aromatic rings. The fourth-order valence-electron chi connectivity index (χ4n) is 1.19. The molecule has 0 aliphatic rings. The molecule has 15 heavy (non-hydrogen) atoms. The van der Waals surface area contributed by atoms with Crippen LogP contribution in [0.3, 0.4) is 0 Å². The first kappa shape index (κ1) is 9.25. The van der Waals surface area contributed by atoms with Crippen LogP contribution >= 0.6 is 0 Å². The summed E-state index contributed by atoms with van der Waals surface area (Å²) >= 11 is 0. The number of nitrogens with zero attached hydrogens (tertiary/aromatic N) is 2. The van der Waals surface area contributed by atoms with Gasteiger partial charge in [0.1, 0.15) is 5.76 Å². The maximum atomic E-state index is 11.4. The van der Waals surface area contributed by atoms with Crippen molar-refractivity contribution >= 4 is 11.6 Å². The van der Waals surface area contributed by atoms with Crippen LogP contribution in [-0.4, -0.2) is 25.7 Å². The molecule has 7 nitrogen and oxygen atoms in total. The molecule has 0 saturated heterocycles. The third kappa shape index (κ3) is 1.25. The van der Waals surface area contributed by atoms with Gasteiger partial charge in [-0.3, -0.25) is 4.79 Å². The smallest absolute Gasteiger partial charge is 0.358 e. The summed E-state index contributed by atoms with van der Waals surface area (Å²) in [5, 5.41) is 17.9. The Balaban J connectivity index is 2.94. The second-order valence-electron chi connectivity index (χ2n) is 2.92. The predicted molar refractivity (Wildman–Crippen MR) is 47.1 cm³/mol. The maximum Gasteiger partial charge on any atom is 0.358 e. The van der Waals surface area contributed by atoms with Crippen LogP contribution in [0.1, 0.15) is 16.2 Å². The van der Waals surface area contributed by atoms with Crippen molar-refractivity contribution in [2.75, 3.05) is 0 Å². The van der Waals surface area contributed by atoms with E-state index in [9.17, 15) is 14.7 Å². The van der Waals surface area contributed by atoms with Gasteiger partial charge in [0.2, 0.25) is 5.75 Å². The molecule has 0 bridgehead atoms. The average Bonchev–Trinajstić information content (AvgIpc) is 2.52. The Hall–Kier alpha value is -2.31. The summed E-state index contributed by atoms with van der Waals surface area (Å²) in [4.78, 5) is 25.6. The van der Waals surface area contributed by atoms with E-state index in [-0.39, 0.29) is 5.65 Å². The highest BCUT2D eigenvalue weighted by Gasteiger charge is 2.19. The molecule has 0 spiro atoms. The zero-order valence-electron chi connectivity index (χ0n) is 7.59. The standard InChI is InChI=1S/C8H6N2O5/c1-3-2-4-9-5(8(13)14)6(11)7(12)10(4)15-3/h2,11H,1H3,(H,13,14). The van der Waals surface area contributed by atoms with Gasteiger partial charge in [-0.05, 0) is 6.92 Å². The van der Waals surface area contributed by atoms with E-state index in [4.69, 9.17) is 9.63 Å². The van der Waals surface area contributed by atoms with Gasteiger partial charge in [-0.25, -0.2) is 9.78 Å². The van der Waals surface area contributed by atoms with Crippen molar-refractivity contribution in [3.8, 4) is 5.75 Å². The highest BCUT2D eigenvalue weighted by Crippen LogP contribution is 2.12. The number of hydrogen-bond acceptors (Lipinski definition) is 5. The van der Waals surface area contributed by atoms with Gasteiger partial charge in [0.15, 0.2) is 11.3 Å². The molecule has 0 aromatic carbocycles. The SMILES string of the molecule is Cc1cc2nc(C(=O)O)c(O)c(=O)n2o1. The number of carbonyl (C=O) groups is 1. The Morgan fingerprint density at radius 2 is 2.27 bits per heavy atom. The van der Waals surface area contributed by atoms with Gasteiger partial charge in [0.25, 0.3) is 0 Å². The maximum absolute atomic E-state index is 11.4. The molecular weight excluding hydrogens is 204 g/mol. The number of carboxylic acid groups (broad SMARTS) is 1. The van der Waals surface area contributed by atoms with Crippen LogP contribution in [0.25, 0.3) is 5.65 Å². The Bertz CT molecular complexity index is 609. The van der Waals surface area contributed by atoms with Crippen molar-refractivity contribution < 1.29 is 19.5 Å². The fourth-order valence-corrected chi connectivity index (χ4v) is 1.19. The van der Waals surface area contributed by atoms with Gasteiger partial charge in [0, 0.05) is 6.07 Å². The highest BCUT2D eigenvalue weighted by atomic mass is 16.5. The lowest BCUT2D eigenvalue weighted by Crippen LogP contribution is -2.17. The fraction of sp³-hybridized carbons (Fsp3) is 0.125. The molecule has 0 amide bonds. The summed E-state index contributed by atoms with van der Waals surface area (Å²) < 4.78 is 5.64. The number of hydrogen-bond donors (Lipinski definition) is 2. The Labute approximate surface area is 82.2 Å². The van der Waals surface area contributed by atoms with Crippen LogP contribution in [0.4, 0.5) is 0 Å². The van der Waals surface area contributed by atoms with Crippen LogP contribution in [0, 0.1) is 6.92 Å². The molecule has 0 saturated carbocycles. The largest absolute Gasteiger partial charge is 0.501 e. The third-order valence-electron chi connectivity index (χ3n) is 1.82. The summed E-state index contributed by atoms with van der Waals surface area (Å²) in [5.41, 5.74) is -1.57. The third-order valence-corrected chi connectivity index (χ3v) is 1.82. The van der Waals surface area contributed by atoms with E-state index in [2.05, 4.69) is 4.98 Å². The molecule has 0 unspecified atom stereocenters. The van der Waals surface area contributed by atoms with Gasteiger partial charge >= 0.3 is 11.5 Å². The topological polar surface area (TPSA) is 105 Å². The molecular formula is C8H6N2O5. The molecule has 0 radical (unpaired) electrons. The van der Waals surface area contributed by atoms with E-state index in [0.29, 0.717) is 5.76 Å². The van der Waals surface area contributed by atoms with E-state index in [1.54, 1.807) is 6.92 Å². The van der Waals surface area contributed by atoms with Crippen molar-refractivity contribution in [2.45, 2.75) is 6.92 Å². The second kappa shape index (κ2) is 2.84. The summed E-state index contributed by atoms with van der Waals surface area (Å²) in [5.74, 6) is -2.01. The van der Waals surface area contributed by atoms with E-state index < -0.39 is 23.0 Å². The van der Waals surface area contributed by atoms with Crippen LogP contribution < -0.4 is 5.56 Å². The Morgan fingerprint density at radius 1 is 1.60 bits per heavy atom. The van der Waals surface area contributed by atoms with Gasteiger partial charge in [-0.15, -0.1) is 4.57 Å². The quantitative estimate of drug-likeness (QED) is 0.686. The molecule has 0 aliphatic carbocycles. The lowest BCUT2D eigenvalue weighted by molar-refractivity contribution is 0.0686. The monoisotopic (exact) mass is 210 g/mol. The summed E-state index contributed by atoms with van der Waals surface area (Å²) in [6.07, 6.45) is 0. The van der Waals surface area contributed by atoms with Crippen molar-refractivity contribution in [1.82, 2.24) is 9.56 Å². The molecule has 0 fully saturated rings. The summed E-state index contributed by atoms with van der Waals surface area (Å²) in [6, 6.07) is 1.40. The zero-order chi connectivity index (χ0) is 11.2. The summed E-state index contributed by atoms with van der Waals surface area (Å²) in [7, 11) is 0. The number of rotatable bonds is 1. The van der Waals surface area contributed by atoms with Crippen molar-refractivity contribution in [1.29, 1.82) is 0 Å². The molecule has 0 aliphatic heterocycles. The van der Waals surface area contributed by atoms with E-state index in [1.165, 1.54) is 6.07 Å². The van der Waals surface area contributed by atoms with E-state index in [1.807, 2.05) is 0 Å². The minimum Gasteiger partial charge on any atom is -0.501 e. The normalized spacial score (nSPS) is 10.7. The number of fused-ring (bicyclic) bond motifs is 1. The van der Waals surface area contributed by atoms with Crippen molar-refractivity contribution in [2.24, 2.45) is 0 Å². The first-order valence-electron chi connectivity index (χ1n) is 3.96. The number of aromatic hydroxyl groups is 1. The van der Waals surface area contributed by atoms with E-state index in [0.717, 1.165) is 4.57 Å². The predicted octanol–water partition coefficient (Wildman–Crippen LogP) is -0.000280. The Kier molecular flexibility index (Phi) is 1.75. The van der Waals surface area contributed by atoms with Gasteiger partial charge in [-0.2, -0.15) is 0 Å². The van der Waals surface area contributed by atoms with Crippen LogP contribution in [0.2, 0.25) is 0 Å². The molecule has 2 rings (SSSR count). The first-order valence-corrected chi connectivity index (χ1v) is 3.96. The minimum absolute atomic E-state index is 0.0488. The second-order valence-corrected chi connectivity index (χ2v) is 2.92. The molecule has 7 heteroatoms.